The van der Waals surface area contributed by atoms with E-state index in [2.05, 4.69) is 24.5 Å². The lowest BCUT2D eigenvalue weighted by Gasteiger charge is -2.24. The molecule has 1 unspecified atom stereocenters. The Kier molecular flexibility index (Phi) is 5.79. The molecular formula is C22H27N3O2. The zero-order valence-corrected chi connectivity index (χ0v) is 16.2. The second-order valence-corrected chi connectivity index (χ2v) is 7.34. The van der Waals surface area contributed by atoms with Crippen molar-refractivity contribution in [1.29, 1.82) is 0 Å². The lowest BCUT2D eigenvalue weighted by Crippen LogP contribution is -2.39. The molecule has 1 aliphatic heterocycles. The molecule has 0 bridgehead atoms. The smallest absolute Gasteiger partial charge is 0.251 e. The Morgan fingerprint density at radius 2 is 1.85 bits per heavy atom. The molecular weight excluding hydrogens is 338 g/mol. The summed E-state index contributed by atoms with van der Waals surface area (Å²) in [7, 11) is 0. The molecule has 3 rings (SSSR count). The summed E-state index contributed by atoms with van der Waals surface area (Å²) < 4.78 is 0. The normalized spacial score (nSPS) is 14.0. The van der Waals surface area contributed by atoms with E-state index >= 15 is 0 Å². The van der Waals surface area contributed by atoms with Gasteiger partial charge in [-0.15, -0.1) is 0 Å². The van der Waals surface area contributed by atoms with Crippen molar-refractivity contribution >= 4 is 23.2 Å². The Hall–Kier alpha value is -2.82. The topological polar surface area (TPSA) is 61.4 Å². The molecule has 142 valence electrons. The second-order valence-electron chi connectivity index (χ2n) is 7.34. The highest BCUT2D eigenvalue weighted by Gasteiger charge is 2.23. The largest absolute Gasteiger partial charge is 0.380 e. The number of amides is 2. The Bertz CT molecular complexity index is 818. The molecule has 1 heterocycles. The van der Waals surface area contributed by atoms with E-state index < -0.39 is 0 Å². The first kappa shape index (κ1) is 19.0. The van der Waals surface area contributed by atoms with Crippen molar-refractivity contribution in [3.05, 3.63) is 59.7 Å². The van der Waals surface area contributed by atoms with Crippen molar-refractivity contribution < 1.29 is 9.59 Å². The number of anilines is 2. The highest BCUT2D eigenvalue weighted by Crippen LogP contribution is 2.28. The van der Waals surface area contributed by atoms with Gasteiger partial charge in [0.25, 0.3) is 5.91 Å². The fraction of sp³-hybridized carbons (Fsp3) is 0.364. The number of carbonyl (C=O) groups is 2. The fourth-order valence-corrected chi connectivity index (χ4v) is 3.38. The van der Waals surface area contributed by atoms with Gasteiger partial charge >= 0.3 is 0 Å². The minimum absolute atomic E-state index is 0.0395. The molecule has 1 atom stereocenters. The molecule has 0 spiro atoms. The molecule has 27 heavy (non-hydrogen) atoms. The summed E-state index contributed by atoms with van der Waals surface area (Å²) in [6.45, 7) is 7.08. The molecule has 0 saturated carbocycles. The summed E-state index contributed by atoms with van der Waals surface area (Å²) in [6, 6.07) is 15.7. The highest BCUT2D eigenvalue weighted by molar-refractivity contribution is 5.97. The van der Waals surface area contributed by atoms with Crippen molar-refractivity contribution in [1.82, 2.24) is 5.32 Å². The summed E-state index contributed by atoms with van der Waals surface area (Å²) in [5.41, 5.74) is 3.67. The van der Waals surface area contributed by atoms with E-state index in [4.69, 9.17) is 0 Å². The van der Waals surface area contributed by atoms with Gasteiger partial charge in [-0.3, -0.25) is 9.59 Å². The number of hydrogen-bond acceptors (Lipinski definition) is 3. The Morgan fingerprint density at radius 3 is 2.52 bits per heavy atom. The SMILES string of the molecule is CC(=O)N1CCc2cc(C(=O)NCC(Nc3ccccc3)C(C)C)ccc21. The van der Waals surface area contributed by atoms with Gasteiger partial charge in [0.15, 0.2) is 0 Å². The molecule has 0 aromatic heterocycles. The highest BCUT2D eigenvalue weighted by atomic mass is 16.2. The van der Waals surface area contributed by atoms with Gasteiger partial charge < -0.3 is 15.5 Å². The van der Waals surface area contributed by atoms with Gasteiger partial charge in [0.05, 0.1) is 0 Å². The maximum Gasteiger partial charge on any atom is 0.251 e. The number of carbonyl (C=O) groups excluding carboxylic acids is 2. The van der Waals surface area contributed by atoms with E-state index in [-0.39, 0.29) is 17.9 Å². The van der Waals surface area contributed by atoms with Crippen molar-refractivity contribution in [2.45, 2.75) is 33.2 Å². The van der Waals surface area contributed by atoms with Crippen LogP contribution in [-0.2, 0) is 11.2 Å². The number of nitrogens with one attached hydrogen (secondary N) is 2. The number of rotatable bonds is 6. The van der Waals surface area contributed by atoms with Gasteiger partial charge in [-0.1, -0.05) is 32.0 Å². The van der Waals surface area contributed by atoms with E-state index in [0.29, 0.717) is 24.6 Å². The zero-order valence-electron chi connectivity index (χ0n) is 16.2. The van der Waals surface area contributed by atoms with Gasteiger partial charge in [-0.05, 0) is 48.2 Å². The van der Waals surface area contributed by atoms with Crippen molar-refractivity contribution in [3.8, 4) is 0 Å². The predicted octanol–water partition coefficient (Wildman–Crippen LogP) is 3.46. The quantitative estimate of drug-likeness (QED) is 0.824. The van der Waals surface area contributed by atoms with Crippen LogP contribution < -0.4 is 15.5 Å². The molecule has 2 amide bonds. The van der Waals surface area contributed by atoms with Crippen LogP contribution in [0.25, 0.3) is 0 Å². The number of para-hydroxylation sites is 1. The van der Waals surface area contributed by atoms with Crippen LogP contribution in [0.4, 0.5) is 11.4 Å². The summed E-state index contributed by atoms with van der Waals surface area (Å²) in [4.78, 5) is 26.0. The molecule has 1 aliphatic rings. The third kappa shape index (κ3) is 4.48. The minimum Gasteiger partial charge on any atom is -0.380 e. The van der Waals surface area contributed by atoms with E-state index in [0.717, 1.165) is 23.4 Å². The third-order valence-corrected chi connectivity index (χ3v) is 5.03. The van der Waals surface area contributed by atoms with Gasteiger partial charge in [-0.25, -0.2) is 0 Å². The van der Waals surface area contributed by atoms with Crippen LogP contribution >= 0.6 is 0 Å². The van der Waals surface area contributed by atoms with Crippen LogP contribution in [0.2, 0.25) is 0 Å². The van der Waals surface area contributed by atoms with Crippen LogP contribution in [0.1, 0.15) is 36.7 Å². The first-order valence-electron chi connectivity index (χ1n) is 9.46. The minimum atomic E-state index is -0.0837. The predicted molar refractivity (Wildman–Crippen MR) is 109 cm³/mol. The molecule has 5 heteroatoms. The fourth-order valence-electron chi connectivity index (χ4n) is 3.38. The number of fused-ring (bicyclic) bond motifs is 1. The zero-order chi connectivity index (χ0) is 19.4. The molecule has 2 aromatic carbocycles. The van der Waals surface area contributed by atoms with Crippen LogP contribution in [-0.4, -0.2) is 30.9 Å². The Balaban J connectivity index is 1.64. The van der Waals surface area contributed by atoms with Crippen LogP contribution in [0, 0.1) is 5.92 Å². The van der Waals surface area contributed by atoms with Crippen molar-refractivity contribution in [2.24, 2.45) is 5.92 Å². The average Bonchev–Trinajstić information content (AvgIpc) is 3.09. The number of nitrogens with zero attached hydrogens (tertiary/aromatic N) is 1. The Morgan fingerprint density at radius 1 is 1.11 bits per heavy atom. The first-order valence-corrected chi connectivity index (χ1v) is 9.46. The molecule has 0 aliphatic carbocycles. The van der Waals surface area contributed by atoms with Gasteiger partial charge in [-0.2, -0.15) is 0 Å². The standard InChI is InChI=1S/C22H27N3O2/c1-15(2)20(24-19-7-5-4-6-8-19)14-23-22(27)18-9-10-21-17(13-18)11-12-25(21)16(3)26/h4-10,13,15,20,24H,11-12,14H2,1-3H3,(H,23,27). The average molecular weight is 365 g/mol. The summed E-state index contributed by atoms with van der Waals surface area (Å²) in [5.74, 6) is 0.326. The number of hydrogen-bond donors (Lipinski definition) is 2. The van der Waals surface area contributed by atoms with E-state index in [1.165, 1.54) is 0 Å². The molecule has 2 aromatic rings. The lowest BCUT2D eigenvalue weighted by atomic mass is 10.0. The molecule has 5 nitrogen and oxygen atoms in total. The first-order chi connectivity index (χ1) is 13.0. The molecule has 0 saturated heterocycles. The van der Waals surface area contributed by atoms with Crippen LogP contribution in [0.5, 0.6) is 0 Å². The third-order valence-electron chi connectivity index (χ3n) is 5.03. The van der Waals surface area contributed by atoms with Crippen molar-refractivity contribution in [2.75, 3.05) is 23.3 Å². The maximum atomic E-state index is 12.6. The van der Waals surface area contributed by atoms with Crippen molar-refractivity contribution in [3.63, 3.8) is 0 Å². The van der Waals surface area contributed by atoms with Gasteiger partial charge in [0, 0.05) is 43.0 Å². The second kappa shape index (κ2) is 8.25. The maximum absolute atomic E-state index is 12.6. The van der Waals surface area contributed by atoms with E-state index in [1.54, 1.807) is 17.9 Å². The summed E-state index contributed by atoms with van der Waals surface area (Å²) in [5, 5.41) is 6.53. The summed E-state index contributed by atoms with van der Waals surface area (Å²) in [6.07, 6.45) is 0.792. The van der Waals surface area contributed by atoms with E-state index in [1.807, 2.05) is 42.5 Å². The number of benzene rings is 2. The lowest BCUT2D eigenvalue weighted by molar-refractivity contribution is -0.116. The molecule has 0 fully saturated rings. The van der Waals surface area contributed by atoms with Crippen LogP contribution in [0.15, 0.2) is 48.5 Å². The Labute approximate surface area is 160 Å². The van der Waals surface area contributed by atoms with E-state index in [9.17, 15) is 9.59 Å². The van der Waals surface area contributed by atoms with Crippen LogP contribution in [0.3, 0.4) is 0 Å². The van der Waals surface area contributed by atoms with Gasteiger partial charge in [0.1, 0.15) is 0 Å². The van der Waals surface area contributed by atoms with Gasteiger partial charge in [0.2, 0.25) is 5.91 Å². The molecule has 2 N–H and O–H groups in total. The summed E-state index contributed by atoms with van der Waals surface area (Å²) >= 11 is 0. The molecule has 0 radical (unpaired) electrons. The monoisotopic (exact) mass is 365 g/mol.